The minimum Gasteiger partial charge on any atom is -0.462 e. The number of allylic oxidation sites excluding steroid dienone is 2. The molecule has 0 aliphatic carbocycles. The van der Waals surface area contributed by atoms with Crippen LogP contribution < -0.4 is 5.73 Å². The van der Waals surface area contributed by atoms with E-state index in [0.717, 1.165) is 51.4 Å². The van der Waals surface area contributed by atoms with Crippen LogP contribution in [0.5, 0.6) is 0 Å². The molecule has 0 aromatic carbocycles. The molecule has 0 bridgehead atoms. The SMILES string of the molecule is CCCCCCC/C=C\CCCCCCCC(=O)O[C@H](COC(=O)CCCCCCCCCCCCCCCCC)COP(=O)(O)OCCN. The van der Waals surface area contributed by atoms with E-state index in [4.69, 9.17) is 24.3 Å². The Bertz CT molecular complexity index is 840. The van der Waals surface area contributed by atoms with Gasteiger partial charge in [0.1, 0.15) is 6.61 Å². The van der Waals surface area contributed by atoms with Crippen LogP contribution in [0.1, 0.15) is 200 Å². The average Bonchev–Trinajstić information content (AvgIpc) is 3.10. The minimum absolute atomic E-state index is 0.0547. The van der Waals surface area contributed by atoms with Crippen LogP contribution in [0.15, 0.2) is 12.2 Å². The van der Waals surface area contributed by atoms with Gasteiger partial charge in [-0.15, -0.1) is 0 Å². The van der Waals surface area contributed by atoms with Crippen molar-refractivity contribution in [3.8, 4) is 0 Å². The van der Waals surface area contributed by atoms with Crippen LogP contribution in [-0.4, -0.2) is 49.3 Å². The predicted molar refractivity (Wildman–Crippen MR) is 206 cm³/mol. The van der Waals surface area contributed by atoms with Crippen LogP contribution in [0.3, 0.4) is 0 Å². The van der Waals surface area contributed by atoms with Crippen molar-refractivity contribution in [2.24, 2.45) is 5.73 Å². The summed E-state index contributed by atoms with van der Waals surface area (Å²) in [5, 5.41) is 0. The molecule has 0 saturated carbocycles. The van der Waals surface area contributed by atoms with E-state index in [1.54, 1.807) is 0 Å². The fraction of sp³-hybridized carbons (Fsp3) is 0.900. The first-order valence-electron chi connectivity index (χ1n) is 20.7. The summed E-state index contributed by atoms with van der Waals surface area (Å²) in [5.41, 5.74) is 5.34. The molecule has 0 radical (unpaired) electrons. The lowest BCUT2D eigenvalue weighted by Crippen LogP contribution is -2.29. The van der Waals surface area contributed by atoms with Crippen LogP contribution in [0, 0.1) is 0 Å². The van der Waals surface area contributed by atoms with Gasteiger partial charge < -0.3 is 20.1 Å². The van der Waals surface area contributed by atoms with Crippen molar-refractivity contribution in [2.75, 3.05) is 26.4 Å². The molecule has 0 aliphatic rings. The lowest BCUT2D eigenvalue weighted by molar-refractivity contribution is -0.161. The van der Waals surface area contributed by atoms with Gasteiger partial charge in [-0.05, 0) is 38.5 Å². The Hall–Kier alpha value is -1.25. The first-order chi connectivity index (χ1) is 24.3. The molecule has 0 heterocycles. The Balaban J connectivity index is 4.16. The van der Waals surface area contributed by atoms with E-state index in [9.17, 15) is 19.0 Å². The number of ether oxygens (including phenoxy) is 2. The van der Waals surface area contributed by atoms with E-state index in [-0.39, 0.29) is 38.6 Å². The molecule has 10 heteroatoms. The zero-order valence-electron chi connectivity index (χ0n) is 32.4. The van der Waals surface area contributed by atoms with Crippen molar-refractivity contribution in [1.82, 2.24) is 0 Å². The van der Waals surface area contributed by atoms with Crippen molar-refractivity contribution in [1.29, 1.82) is 0 Å². The quantitative estimate of drug-likeness (QED) is 0.0274. The van der Waals surface area contributed by atoms with E-state index in [1.807, 2.05) is 0 Å². The maximum atomic E-state index is 12.5. The Morgan fingerprint density at radius 2 is 0.980 bits per heavy atom. The van der Waals surface area contributed by atoms with Crippen molar-refractivity contribution < 1.29 is 37.6 Å². The standard InChI is InChI=1S/C40H78NO8P/c1-3-5-7-9-11-13-15-17-19-21-22-24-26-28-30-32-39(42)46-36-38(37-48-50(44,45)47-35-34-41)49-40(43)33-31-29-27-25-23-20-18-16-14-12-10-8-6-4-2/h16,18,38H,3-15,17,19-37,41H2,1-2H3,(H,44,45)/b18-16-/t38-/m1/s1. The number of hydrogen-bond acceptors (Lipinski definition) is 8. The molecule has 0 fully saturated rings. The molecule has 0 rings (SSSR count). The summed E-state index contributed by atoms with van der Waals surface area (Å²) in [6.07, 6.45) is 36.6. The molecule has 2 atom stereocenters. The van der Waals surface area contributed by atoms with E-state index in [0.29, 0.717) is 6.42 Å². The molecule has 0 aromatic rings. The Morgan fingerprint density at radius 1 is 0.580 bits per heavy atom. The van der Waals surface area contributed by atoms with Gasteiger partial charge in [0.05, 0.1) is 13.2 Å². The highest BCUT2D eigenvalue weighted by Gasteiger charge is 2.26. The van der Waals surface area contributed by atoms with Crippen LogP contribution in [0.2, 0.25) is 0 Å². The third-order valence-electron chi connectivity index (χ3n) is 8.90. The monoisotopic (exact) mass is 732 g/mol. The van der Waals surface area contributed by atoms with Crippen molar-refractivity contribution in [3.05, 3.63) is 12.2 Å². The first-order valence-corrected chi connectivity index (χ1v) is 22.2. The second-order valence-corrected chi connectivity index (χ2v) is 15.3. The third-order valence-corrected chi connectivity index (χ3v) is 9.89. The fourth-order valence-corrected chi connectivity index (χ4v) is 6.57. The number of phosphoric acid groups is 1. The molecule has 0 spiro atoms. The normalized spacial score (nSPS) is 13.4. The summed E-state index contributed by atoms with van der Waals surface area (Å²) in [6, 6.07) is 0. The maximum absolute atomic E-state index is 12.5. The van der Waals surface area contributed by atoms with Gasteiger partial charge in [0, 0.05) is 19.4 Å². The second kappa shape index (κ2) is 37.5. The van der Waals surface area contributed by atoms with Crippen molar-refractivity contribution in [3.63, 3.8) is 0 Å². The summed E-state index contributed by atoms with van der Waals surface area (Å²) < 4.78 is 32.7. The third kappa shape index (κ3) is 36.5. The highest BCUT2D eigenvalue weighted by atomic mass is 31.2. The summed E-state index contributed by atoms with van der Waals surface area (Å²) in [5.74, 6) is -0.830. The van der Waals surface area contributed by atoms with Crippen LogP contribution >= 0.6 is 7.82 Å². The van der Waals surface area contributed by atoms with Gasteiger partial charge in [-0.2, -0.15) is 0 Å². The van der Waals surface area contributed by atoms with Gasteiger partial charge in [0.15, 0.2) is 6.10 Å². The number of esters is 2. The fourth-order valence-electron chi connectivity index (χ4n) is 5.81. The molecule has 3 N–H and O–H groups in total. The number of carbonyl (C=O) groups is 2. The Kier molecular flexibility index (Phi) is 36.6. The minimum atomic E-state index is -4.37. The Labute approximate surface area is 307 Å². The molecule has 9 nitrogen and oxygen atoms in total. The zero-order chi connectivity index (χ0) is 36.8. The van der Waals surface area contributed by atoms with E-state index < -0.39 is 26.5 Å². The highest BCUT2D eigenvalue weighted by molar-refractivity contribution is 7.47. The topological polar surface area (TPSA) is 134 Å². The van der Waals surface area contributed by atoms with Crippen LogP contribution in [0.4, 0.5) is 0 Å². The molecular weight excluding hydrogens is 653 g/mol. The maximum Gasteiger partial charge on any atom is 0.472 e. The highest BCUT2D eigenvalue weighted by Crippen LogP contribution is 2.43. The van der Waals surface area contributed by atoms with Crippen molar-refractivity contribution >= 4 is 19.8 Å². The molecule has 50 heavy (non-hydrogen) atoms. The van der Waals surface area contributed by atoms with E-state index in [1.165, 1.54) is 116 Å². The smallest absolute Gasteiger partial charge is 0.462 e. The summed E-state index contributed by atoms with van der Waals surface area (Å²) >= 11 is 0. The molecule has 0 saturated heterocycles. The number of phosphoric ester groups is 1. The van der Waals surface area contributed by atoms with E-state index >= 15 is 0 Å². The van der Waals surface area contributed by atoms with Gasteiger partial charge in [-0.3, -0.25) is 18.6 Å². The molecule has 0 aromatic heterocycles. The first kappa shape index (κ1) is 48.8. The molecule has 296 valence electrons. The van der Waals surface area contributed by atoms with Crippen LogP contribution in [-0.2, 0) is 32.7 Å². The van der Waals surface area contributed by atoms with Gasteiger partial charge in [-0.1, -0.05) is 161 Å². The number of carbonyl (C=O) groups excluding carboxylic acids is 2. The van der Waals surface area contributed by atoms with Crippen LogP contribution in [0.25, 0.3) is 0 Å². The number of unbranched alkanes of at least 4 members (excludes halogenated alkanes) is 24. The summed E-state index contributed by atoms with van der Waals surface area (Å²) in [4.78, 5) is 34.8. The van der Waals surface area contributed by atoms with Gasteiger partial charge in [0.25, 0.3) is 0 Å². The zero-order valence-corrected chi connectivity index (χ0v) is 33.3. The lowest BCUT2D eigenvalue weighted by Gasteiger charge is -2.19. The number of rotatable bonds is 39. The number of hydrogen-bond donors (Lipinski definition) is 2. The molecule has 1 unspecified atom stereocenters. The van der Waals surface area contributed by atoms with Gasteiger partial charge >= 0.3 is 19.8 Å². The van der Waals surface area contributed by atoms with Gasteiger partial charge in [0.2, 0.25) is 0 Å². The molecule has 0 amide bonds. The molecular formula is C40H78NO8P. The Morgan fingerprint density at radius 3 is 1.42 bits per heavy atom. The largest absolute Gasteiger partial charge is 0.472 e. The predicted octanol–water partition coefficient (Wildman–Crippen LogP) is 11.4. The summed E-state index contributed by atoms with van der Waals surface area (Å²) in [6.45, 7) is 3.73. The summed E-state index contributed by atoms with van der Waals surface area (Å²) in [7, 11) is -4.37. The average molecular weight is 732 g/mol. The second-order valence-electron chi connectivity index (χ2n) is 13.9. The molecule has 0 aliphatic heterocycles. The van der Waals surface area contributed by atoms with Crippen molar-refractivity contribution in [2.45, 2.75) is 206 Å². The lowest BCUT2D eigenvalue weighted by atomic mass is 10.0. The van der Waals surface area contributed by atoms with Gasteiger partial charge in [-0.25, -0.2) is 4.57 Å². The number of nitrogens with two attached hydrogens (primary N) is 1. The van der Waals surface area contributed by atoms with E-state index in [2.05, 4.69) is 26.0 Å².